The second-order valence-electron chi connectivity index (χ2n) is 6.09. The zero-order chi connectivity index (χ0) is 20.4. The van der Waals surface area contributed by atoms with Crippen molar-refractivity contribution in [2.24, 2.45) is 5.10 Å². The SMILES string of the molecule is COc1ccc(C2=Nn3c(nnc3-c3ccc(OC)c(OC)c3)SC2)cc1OC. The Morgan fingerprint density at radius 1 is 0.759 bits per heavy atom. The summed E-state index contributed by atoms with van der Waals surface area (Å²) in [5.74, 6) is 3.92. The standard InChI is InChI=1S/C20H20N4O4S/c1-25-15-7-5-12(9-17(15)27-3)14-11-29-20-22-21-19(24(20)23-14)13-6-8-16(26-2)18(10-13)28-4/h5-10H,11H2,1-4H3. The molecule has 2 heterocycles. The molecule has 0 saturated carbocycles. The van der Waals surface area contributed by atoms with Crippen LogP contribution in [0.2, 0.25) is 0 Å². The minimum Gasteiger partial charge on any atom is -0.493 e. The van der Waals surface area contributed by atoms with Crippen LogP contribution in [0.3, 0.4) is 0 Å². The van der Waals surface area contributed by atoms with Crippen LogP contribution in [-0.4, -0.2) is 54.8 Å². The van der Waals surface area contributed by atoms with E-state index in [0.29, 0.717) is 34.6 Å². The van der Waals surface area contributed by atoms with Crippen molar-refractivity contribution in [1.82, 2.24) is 14.9 Å². The van der Waals surface area contributed by atoms with Crippen LogP contribution in [0.1, 0.15) is 5.56 Å². The van der Waals surface area contributed by atoms with Gasteiger partial charge in [0.15, 0.2) is 28.8 Å². The van der Waals surface area contributed by atoms with Crippen molar-refractivity contribution < 1.29 is 18.9 Å². The Kier molecular flexibility index (Phi) is 5.30. The third-order valence-corrected chi connectivity index (χ3v) is 5.46. The van der Waals surface area contributed by atoms with E-state index in [1.165, 1.54) is 0 Å². The molecule has 0 spiro atoms. The predicted octanol–water partition coefficient (Wildman–Crippen LogP) is 3.34. The average Bonchev–Trinajstić information content (AvgIpc) is 3.21. The number of rotatable bonds is 6. The number of benzene rings is 2. The quantitative estimate of drug-likeness (QED) is 0.614. The first kappa shape index (κ1) is 19.1. The molecule has 1 aliphatic rings. The highest BCUT2D eigenvalue weighted by Crippen LogP contribution is 2.35. The lowest BCUT2D eigenvalue weighted by molar-refractivity contribution is 0.355. The van der Waals surface area contributed by atoms with Crippen LogP contribution in [0.15, 0.2) is 46.7 Å². The average molecular weight is 412 g/mol. The van der Waals surface area contributed by atoms with Crippen molar-refractivity contribution in [2.75, 3.05) is 34.2 Å². The van der Waals surface area contributed by atoms with Crippen molar-refractivity contribution in [2.45, 2.75) is 5.16 Å². The van der Waals surface area contributed by atoms with Crippen LogP contribution in [0.4, 0.5) is 0 Å². The van der Waals surface area contributed by atoms with Crippen molar-refractivity contribution >= 4 is 17.5 Å². The molecule has 9 heteroatoms. The Hall–Kier alpha value is -3.20. The third-order valence-electron chi connectivity index (χ3n) is 4.53. The summed E-state index contributed by atoms with van der Waals surface area (Å²) in [7, 11) is 6.44. The van der Waals surface area contributed by atoms with Crippen molar-refractivity contribution in [1.29, 1.82) is 0 Å². The van der Waals surface area contributed by atoms with E-state index < -0.39 is 0 Å². The second kappa shape index (κ2) is 8.04. The largest absolute Gasteiger partial charge is 0.493 e. The van der Waals surface area contributed by atoms with E-state index in [-0.39, 0.29) is 0 Å². The number of nitrogens with zero attached hydrogens (tertiary/aromatic N) is 4. The van der Waals surface area contributed by atoms with Gasteiger partial charge in [0.2, 0.25) is 5.16 Å². The first-order valence-electron chi connectivity index (χ1n) is 8.79. The zero-order valence-corrected chi connectivity index (χ0v) is 17.3. The highest BCUT2D eigenvalue weighted by atomic mass is 32.2. The maximum Gasteiger partial charge on any atom is 0.212 e. The summed E-state index contributed by atoms with van der Waals surface area (Å²) in [6.07, 6.45) is 0. The van der Waals surface area contributed by atoms with E-state index in [4.69, 9.17) is 24.0 Å². The molecule has 4 rings (SSSR count). The van der Waals surface area contributed by atoms with E-state index in [9.17, 15) is 0 Å². The van der Waals surface area contributed by atoms with E-state index in [1.807, 2.05) is 36.4 Å². The van der Waals surface area contributed by atoms with Crippen molar-refractivity contribution in [3.63, 3.8) is 0 Å². The predicted molar refractivity (Wildman–Crippen MR) is 111 cm³/mol. The van der Waals surface area contributed by atoms with Crippen LogP contribution in [-0.2, 0) is 0 Å². The molecule has 0 bridgehead atoms. The Morgan fingerprint density at radius 3 is 1.97 bits per heavy atom. The molecular weight excluding hydrogens is 392 g/mol. The Labute approximate surface area is 172 Å². The molecule has 0 radical (unpaired) electrons. The molecule has 2 aromatic carbocycles. The monoisotopic (exact) mass is 412 g/mol. The molecule has 1 aromatic heterocycles. The van der Waals surface area contributed by atoms with Gasteiger partial charge in [-0.25, -0.2) is 0 Å². The van der Waals surface area contributed by atoms with Crippen LogP contribution < -0.4 is 18.9 Å². The summed E-state index contributed by atoms with van der Waals surface area (Å²) in [5.41, 5.74) is 2.68. The summed E-state index contributed by atoms with van der Waals surface area (Å²) in [5, 5.41) is 14.1. The van der Waals surface area contributed by atoms with Gasteiger partial charge in [0.25, 0.3) is 0 Å². The number of methoxy groups -OCH3 is 4. The highest BCUT2D eigenvalue weighted by molar-refractivity contribution is 7.99. The summed E-state index contributed by atoms with van der Waals surface area (Å²) >= 11 is 1.58. The van der Waals surface area contributed by atoms with Gasteiger partial charge in [-0.2, -0.15) is 9.78 Å². The molecule has 8 nitrogen and oxygen atoms in total. The molecule has 0 unspecified atom stereocenters. The Morgan fingerprint density at radius 2 is 1.34 bits per heavy atom. The van der Waals surface area contributed by atoms with Crippen molar-refractivity contribution in [3.05, 3.63) is 42.0 Å². The van der Waals surface area contributed by atoms with Crippen LogP contribution in [0.25, 0.3) is 11.4 Å². The highest BCUT2D eigenvalue weighted by Gasteiger charge is 2.22. The first-order chi connectivity index (χ1) is 14.2. The first-order valence-corrected chi connectivity index (χ1v) is 9.78. The van der Waals surface area contributed by atoms with Gasteiger partial charge < -0.3 is 18.9 Å². The molecule has 0 aliphatic carbocycles. The van der Waals surface area contributed by atoms with Crippen molar-refractivity contribution in [3.8, 4) is 34.4 Å². The zero-order valence-electron chi connectivity index (χ0n) is 16.5. The molecule has 29 heavy (non-hydrogen) atoms. The number of thioether (sulfide) groups is 1. The fraction of sp³-hybridized carbons (Fsp3) is 0.250. The molecule has 0 fully saturated rings. The van der Waals surface area contributed by atoms with Gasteiger partial charge in [-0.05, 0) is 36.4 Å². The topological polar surface area (TPSA) is 80.0 Å². The molecular formula is C20H20N4O4S. The fourth-order valence-electron chi connectivity index (χ4n) is 3.04. The minimum absolute atomic E-state index is 0.620. The molecule has 3 aromatic rings. The normalized spacial score (nSPS) is 12.8. The summed E-state index contributed by atoms with van der Waals surface area (Å²) < 4.78 is 23.2. The smallest absolute Gasteiger partial charge is 0.212 e. The molecule has 0 atom stereocenters. The summed E-state index contributed by atoms with van der Waals surface area (Å²) in [4.78, 5) is 0. The number of hydrogen-bond donors (Lipinski definition) is 0. The number of aromatic nitrogens is 3. The van der Waals surface area contributed by atoms with Gasteiger partial charge in [-0.1, -0.05) is 11.8 Å². The Balaban J connectivity index is 1.75. The molecule has 1 aliphatic heterocycles. The third kappa shape index (κ3) is 3.49. The van der Waals surface area contributed by atoms with Crippen LogP contribution in [0.5, 0.6) is 23.0 Å². The lowest BCUT2D eigenvalue weighted by atomic mass is 10.1. The van der Waals surface area contributed by atoms with Gasteiger partial charge in [0.1, 0.15) is 0 Å². The number of fused-ring (bicyclic) bond motifs is 1. The lowest BCUT2D eigenvalue weighted by Crippen LogP contribution is -2.14. The van der Waals surface area contributed by atoms with Crippen LogP contribution >= 0.6 is 11.8 Å². The fourth-order valence-corrected chi connectivity index (χ4v) is 3.88. The van der Waals surface area contributed by atoms with Gasteiger partial charge in [0, 0.05) is 16.9 Å². The van der Waals surface area contributed by atoms with Gasteiger partial charge in [-0.15, -0.1) is 10.2 Å². The van der Waals surface area contributed by atoms with Crippen LogP contribution in [0, 0.1) is 0 Å². The second-order valence-corrected chi connectivity index (χ2v) is 7.04. The van der Waals surface area contributed by atoms with Gasteiger partial charge in [0.05, 0.1) is 34.2 Å². The van der Waals surface area contributed by atoms with Gasteiger partial charge in [-0.3, -0.25) is 0 Å². The molecule has 150 valence electrons. The van der Waals surface area contributed by atoms with E-state index in [0.717, 1.165) is 22.0 Å². The lowest BCUT2D eigenvalue weighted by Gasteiger charge is -2.16. The van der Waals surface area contributed by atoms with E-state index in [2.05, 4.69) is 10.2 Å². The maximum absolute atomic E-state index is 5.42. The van der Waals surface area contributed by atoms with Gasteiger partial charge >= 0.3 is 0 Å². The van der Waals surface area contributed by atoms with E-state index >= 15 is 0 Å². The molecule has 0 saturated heterocycles. The maximum atomic E-state index is 5.42. The number of ether oxygens (including phenoxy) is 4. The molecule has 0 amide bonds. The summed E-state index contributed by atoms with van der Waals surface area (Å²) in [6, 6.07) is 11.4. The summed E-state index contributed by atoms with van der Waals surface area (Å²) in [6.45, 7) is 0. The number of hydrogen-bond acceptors (Lipinski definition) is 8. The van der Waals surface area contributed by atoms with E-state index in [1.54, 1.807) is 44.9 Å². The molecule has 0 N–H and O–H groups in total. The Bertz CT molecular complexity index is 1080. The minimum atomic E-state index is 0.620.